The molecule has 0 spiro atoms. The fourth-order valence-electron chi connectivity index (χ4n) is 1.50. The third-order valence-corrected chi connectivity index (χ3v) is 2.36. The first-order valence-electron chi connectivity index (χ1n) is 4.97. The van der Waals surface area contributed by atoms with Gasteiger partial charge in [0.2, 0.25) is 0 Å². The maximum Gasteiger partial charge on any atom is 0.335 e. The van der Waals surface area contributed by atoms with E-state index in [0.29, 0.717) is 11.0 Å². The molecular weight excluding hydrogens is 226 g/mol. The number of aliphatic hydroxyl groups excluding tert-OH is 2. The van der Waals surface area contributed by atoms with Crippen LogP contribution in [0.5, 0.6) is 0 Å². The Kier molecular flexibility index (Phi) is 3.03. The Morgan fingerprint density at radius 3 is 2.88 bits per heavy atom. The molecule has 1 heterocycles. The van der Waals surface area contributed by atoms with Crippen LogP contribution in [0.1, 0.15) is 10.4 Å². The van der Waals surface area contributed by atoms with Gasteiger partial charge in [-0.3, -0.25) is 0 Å². The lowest BCUT2D eigenvalue weighted by molar-refractivity contribution is 0.0697. The van der Waals surface area contributed by atoms with Crippen molar-refractivity contribution < 1.29 is 20.1 Å². The number of rotatable bonds is 4. The van der Waals surface area contributed by atoms with Gasteiger partial charge in [0.05, 0.1) is 30.3 Å². The number of aromatic carboxylic acids is 1. The van der Waals surface area contributed by atoms with Crippen LogP contribution in [0.2, 0.25) is 0 Å². The zero-order valence-corrected chi connectivity index (χ0v) is 8.82. The smallest absolute Gasteiger partial charge is 0.335 e. The lowest BCUT2D eigenvalue weighted by Gasteiger charge is -2.06. The second kappa shape index (κ2) is 4.48. The summed E-state index contributed by atoms with van der Waals surface area (Å²) >= 11 is 0. The third-order valence-electron chi connectivity index (χ3n) is 2.36. The van der Waals surface area contributed by atoms with Gasteiger partial charge in [-0.05, 0) is 18.2 Å². The number of aliphatic hydroxyl groups is 2. The highest BCUT2D eigenvalue weighted by atomic mass is 16.4. The maximum absolute atomic E-state index is 10.7. The van der Waals surface area contributed by atoms with Crippen molar-refractivity contribution in [3.05, 3.63) is 23.8 Å². The van der Waals surface area contributed by atoms with Crippen LogP contribution in [0.25, 0.3) is 11.0 Å². The molecule has 90 valence electrons. The van der Waals surface area contributed by atoms with Gasteiger partial charge in [0.15, 0.2) is 0 Å². The summed E-state index contributed by atoms with van der Waals surface area (Å²) in [6, 6.07) is 4.42. The van der Waals surface area contributed by atoms with Crippen LogP contribution in [0, 0.1) is 0 Å². The number of carbonyl (C=O) groups is 1. The van der Waals surface area contributed by atoms with Gasteiger partial charge in [-0.25, -0.2) is 9.48 Å². The summed E-state index contributed by atoms with van der Waals surface area (Å²) in [4.78, 5) is 10.7. The van der Waals surface area contributed by atoms with Gasteiger partial charge in [0.25, 0.3) is 0 Å². The molecule has 0 fully saturated rings. The van der Waals surface area contributed by atoms with E-state index in [4.69, 9.17) is 10.2 Å². The fraction of sp³-hybridized carbons (Fsp3) is 0.300. The Morgan fingerprint density at radius 1 is 1.47 bits per heavy atom. The van der Waals surface area contributed by atoms with Gasteiger partial charge in [-0.15, -0.1) is 5.10 Å². The molecule has 17 heavy (non-hydrogen) atoms. The Bertz CT molecular complexity index is 551. The monoisotopic (exact) mass is 237 g/mol. The van der Waals surface area contributed by atoms with Crippen molar-refractivity contribution in [1.82, 2.24) is 15.0 Å². The second-order valence-corrected chi connectivity index (χ2v) is 3.62. The highest BCUT2D eigenvalue weighted by molar-refractivity contribution is 5.92. The zero-order chi connectivity index (χ0) is 12.4. The molecule has 0 amide bonds. The highest BCUT2D eigenvalue weighted by Crippen LogP contribution is 2.13. The molecule has 7 nitrogen and oxygen atoms in total. The first kappa shape index (κ1) is 11.5. The summed E-state index contributed by atoms with van der Waals surface area (Å²) < 4.78 is 1.42. The number of hydrogen-bond donors (Lipinski definition) is 3. The summed E-state index contributed by atoms with van der Waals surface area (Å²) in [5.74, 6) is -1.03. The van der Waals surface area contributed by atoms with Crippen molar-refractivity contribution >= 4 is 17.0 Å². The summed E-state index contributed by atoms with van der Waals surface area (Å²) in [7, 11) is 0. The average Bonchev–Trinajstić information content (AvgIpc) is 2.71. The number of benzene rings is 1. The Labute approximate surface area is 95.9 Å². The van der Waals surface area contributed by atoms with E-state index in [0.717, 1.165) is 0 Å². The molecular formula is C10H11N3O4. The molecule has 1 aromatic heterocycles. The number of carboxylic acids is 1. The predicted octanol–water partition coefficient (Wildman–Crippen LogP) is -0.517. The molecule has 7 heteroatoms. The molecule has 0 aliphatic heterocycles. The molecule has 1 aromatic carbocycles. The fourth-order valence-corrected chi connectivity index (χ4v) is 1.50. The van der Waals surface area contributed by atoms with Crippen LogP contribution in [0.4, 0.5) is 0 Å². The summed E-state index contributed by atoms with van der Waals surface area (Å²) in [6.07, 6.45) is -0.918. The van der Waals surface area contributed by atoms with Gasteiger partial charge < -0.3 is 15.3 Å². The molecule has 0 aliphatic carbocycles. The van der Waals surface area contributed by atoms with Gasteiger partial charge in [-0.1, -0.05) is 5.21 Å². The predicted molar refractivity (Wildman–Crippen MR) is 57.6 cm³/mol. The van der Waals surface area contributed by atoms with E-state index in [1.54, 1.807) is 6.07 Å². The lowest BCUT2D eigenvalue weighted by Crippen LogP contribution is -2.20. The van der Waals surface area contributed by atoms with Gasteiger partial charge >= 0.3 is 5.97 Å². The standard InChI is InChI=1S/C10H11N3O4/c14-5-7(15)4-13-9-2-1-6(10(16)17)3-8(9)11-12-13/h1-3,7,14-15H,4-5H2,(H,16,17). The van der Waals surface area contributed by atoms with Crippen molar-refractivity contribution in [1.29, 1.82) is 0 Å². The molecule has 0 aliphatic rings. The minimum atomic E-state index is -1.03. The topological polar surface area (TPSA) is 108 Å². The van der Waals surface area contributed by atoms with Crippen LogP contribution in [0.3, 0.4) is 0 Å². The highest BCUT2D eigenvalue weighted by Gasteiger charge is 2.11. The second-order valence-electron chi connectivity index (χ2n) is 3.62. The SMILES string of the molecule is O=C(O)c1ccc2c(c1)nnn2CC(O)CO. The zero-order valence-electron chi connectivity index (χ0n) is 8.82. The summed E-state index contributed by atoms with van der Waals surface area (Å²) in [5.41, 5.74) is 1.18. The molecule has 0 bridgehead atoms. The number of carboxylic acid groups (broad SMARTS) is 1. The van der Waals surface area contributed by atoms with Crippen molar-refractivity contribution in [3.8, 4) is 0 Å². The number of aromatic nitrogens is 3. The molecule has 0 saturated heterocycles. The van der Waals surface area contributed by atoms with E-state index in [-0.39, 0.29) is 18.7 Å². The Morgan fingerprint density at radius 2 is 2.24 bits per heavy atom. The molecule has 2 aromatic rings. The number of hydrogen-bond acceptors (Lipinski definition) is 5. The maximum atomic E-state index is 10.7. The molecule has 0 radical (unpaired) electrons. The van der Waals surface area contributed by atoms with Crippen LogP contribution in [-0.4, -0.2) is 49.0 Å². The van der Waals surface area contributed by atoms with E-state index in [1.807, 2.05) is 0 Å². The van der Waals surface area contributed by atoms with Crippen molar-refractivity contribution in [2.75, 3.05) is 6.61 Å². The Hall–Kier alpha value is -1.99. The van der Waals surface area contributed by atoms with Crippen LogP contribution >= 0.6 is 0 Å². The lowest BCUT2D eigenvalue weighted by atomic mass is 10.2. The van der Waals surface area contributed by atoms with E-state index in [1.165, 1.54) is 16.8 Å². The number of fused-ring (bicyclic) bond motifs is 1. The first-order chi connectivity index (χ1) is 8.11. The van der Waals surface area contributed by atoms with Crippen molar-refractivity contribution in [2.24, 2.45) is 0 Å². The van der Waals surface area contributed by atoms with Crippen molar-refractivity contribution in [2.45, 2.75) is 12.6 Å². The molecule has 1 unspecified atom stereocenters. The normalized spacial score (nSPS) is 12.8. The van der Waals surface area contributed by atoms with Crippen molar-refractivity contribution in [3.63, 3.8) is 0 Å². The Balaban J connectivity index is 2.38. The van der Waals surface area contributed by atoms with E-state index in [9.17, 15) is 9.90 Å². The molecule has 1 atom stereocenters. The molecule has 2 rings (SSSR count). The van der Waals surface area contributed by atoms with E-state index >= 15 is 0 Å². The van der Waals surface area contributed by atoms with Gasteiger partial charge in [-0.2, -0.15) is 0 Å². The quantitative estimate of drug-likeness (QED) is 0.660. The van der Waals surface area contributed by atoms with E-state index in [2.05, 4.69) is 10.3 Å². The largest absolute Gasteiger partial charge is 0.478 e. The third kappa shape index (κ3) is 2.24. The minimum Gasteiger partial charge on any atom is -0.478 e. The molecule has 0 saturated carbocycles. The first-order valence-corrected chi connectivity index (χ1v) is 4.97. The van der Waals surface area contributed by atoms with Gasteiger partial charge in [0, 0.05) is 0 Å². The van der Waals surface area contributed by atoms with Gasteiger partial charge in [0.1, 0.15) is 5.52 Å². The van der Waals surface area contributed by atoms with Crippen LogP contribution in [-0.2, 0) is 6.54 Å². The summed E-state index contributed by atoms with van der Waals surface area (Å²) in [6.45, 7) is -0.256. The average molecular weight is 237 g/mol. The molecule has 3 N–H and O–H groups in total. The van der Waals surface area contributed by atoms with Crippen LogP contribution < -0.4 is 0 Å². The minimum absolute atomic E-state index is 0.111. The van der Waals surface area contributed by atoms with Crippen LogP contribution in [0.15, 0.2) is 18.2 Å². The number of nitrogens with zero attached hydrogens (tertiary/aromatic N) is 3. The van der Waals surface area contributed by atoms with E-state index < -0.39 is 12.1 Å². The summed E-state index contributed by atoms with van der Waals surface area (Å²) in [5, 5.41) is 34.4.